The molecule has 1 atom stereocenters. The summed E-state index contributed by atoms with van der Waals surface area (Å²) in [6.07, 6.45) is 5.64. The lowest BCUT2D eigenvalue weighted by Crippen LogP contribution is -2.45. The second-order valence-corrected chi connectivity index (χ2v) is 9.35. The fraction of sp³-hybridized carbons (Fsp3) is 0.632. The molecule has 0 bridgehead atoms. The Kier molecular flexibility index (Phi) is 6.26. The molecule has 2 aliphatic rings. The largest absolute Gasteiger partial charge is 0.616 e. The van der Waals surface area contributed by atoms with Crippen molar-refractivity contribution in [2.75, 3.05) is 23.7 Å². The molecule has 0 amide bonds. The van der Waals surface area contributed by atoms with Gasteiger partial charge in [0.2, 0.25) is 0 Å². The summed E-state index contributed by atoms with van der Waals surface area (Å²) in [4.78, 5) is 24.3. The van der Waals surface area contributed by atoms with Crippen LogP contribution in [0.4, 0.5) is 11.4 Å². The van der Waals surface area contributed by atoms with Gasteiger partial charge in [-0.25, -0.2) is 0 Å². The molecule has 1 aromatic carbocycles. The summed E-state index contributed by atoms with van der Waals surface area (Å²) in [6.45, 7) is 1.46. The van der Waals surface area contributed by atoms with Crippen molar-refractivity contribution in [2.24, 2.45) is 5.41 Å². The number of carboxylic acids is 1. The van der Waals surface area contributed by atoms with Crippen molar-refractivity contribution in [3.63, 3.8) is 0 Å². The highest BCUT2D eigenvalue weighted by atomic mass is 32.2. The first-order valence-corrected chi connectivity index (χ1v) is 10.9. The fourth-order valence-electron chi connectivity index (χ4n) is 4.20. The van der Waals surface area contributed by atoms with Gasteiger partial charge in [0.15, 0.2) is 0 Å². The van der Waals surface area contributed by atoms with Gasteiger partial charge in [0, 0.05) is 43.8 Å². The number of aliphatic carboxylic acids is 1. The second kappa shape index (κ2) is 8.48. The van der Waals surface area contributed by atoms with E-state index in [1.54, 1.807) is 12.1 Å². The van der Waals surface area contributed by atoms with Gasteiger partial charge in [0.25, 0.3) is 5.69 Å². The van der Waals surface area contributed by atoms with Crippen molar-refractivity contribution in [2.45, 2.75) is 50.2 Å². The predicted molar refractivity (Wildman–Crippen MR) is 104 cm³/mol. The van der Waals surface area contributed by atoms with Crippen LogP contribution in [0.25, 0.3) is 0 Å². The number of hydrogen-bond donors (Lipinski definition) is 1. The van der Waals surface area contributed by atoms with E-state index in [1.165, 1.54) is 12.1 Å². The number of hydrogen-bond acceptors (Lipinski definition) is 5. The maximum atomic E-state index is 12.9. The first kappa shape index (κ1) is 19.9. The van der Waals surface area contributed by atoms with E-state index in [4.69, 9.17) is 0 Å². The van der Waals surface area contributed by atoms with Crippen molar-refractivity contribution >= 4 is 28.5 Å². The normalized spacial score (nSPS) is 21.6. The Morgan fingerprint density at radius 1 is 1.19 bits per heavy atom. The summed E-state index contributed by atoms with van der Waals surface area (Å²) >= 11 is -1.14. The Labute approximate surface area is 162 Å². The van der Waals surface area contributed by atoms with Crippen LogP contribution < -0.4 is 4.90 Å². The van der Waals surface area contributed by atoms with E-state index in [1.807, 2.05) is 0 Å². The van der Waals surface area contributed by atoms with Crippen LogP contribution in [0.2, 0.25) is 0 Å². The summed E-state index contributed by atoms with van der Waals surface area (Å²) in [5, 5.41) is 20.5. The maximum Gasteiger partial charge on any atom is 0.314 e. The zero-order valence-electron chi connectivity index (χ0n) is 15.3. The average Bonchev–Trinajstić information content (AvgIpc) is 2.69. The topological polar surface area (TPSA) is 107 Å². The predicted octanol–water partition coefficient (Wildman–Crippen LogP) is 3.35. The van der Waals surface area contributed by atoms with E-state index in [2.05, 4.69) is 4.90 Å². The lowest BCUT2D eigenvalue weighted by atomic mass is 9.76. The van der Waals surface area contributed by atoms with Crippen LogP contribution in [-0.4, -0.2) is 44.6 Å². The van der Waals surface area contributed by atoms with Crippen LogP contribution in [0.5, 0.6) is 0 Å². The van der Waals surface area contributed by atoms with Crippen LogP contribution in [0.15, 0.2) is 24.3 Å². The Morgan fingerprint density at radius 2 is 1.78 bits per heavy atom. The van der Waals surface area contributed by atoms with Crippen LogP contribution in [0, 0.1) is 15.5 Å². The van der Waals surface area contributed by atoms with E-state index >= 15 is 0 Å². The monoisotopic (exact) mass is 394 g/mol. The van der Waals surface area contributed by atoms with E-state index in [0.717, 1.165) is 50.9 Å². The molecule has 148 valence electrons. The quantitative estimate of drug-likeness (QED) is 0.450. The molecule has 2 fully saturated rings. The van der Waals surface area contributed by atoms with Gasteiger partial charge in [-0.1, -0.05) is 19.3 Å². The number of nitrogens with zero attached hydrogens (tertiary/aromatic N) is 2. The molecule has 0 radical (unpaired) electrons. The SMILES string of the molecule is O=C(O)C1(C[S+]([O-])C2CCN(c3ccc([N+](=O)[O-])cc3)CC2)CCCCC1. The van der Waals surface area contributed by atoms with Gasteiger partial charge in [0.05, 0.1) is 4.92 Å². The van der Waals surface area contributed by atoms with E-state index in [9.17, 15) is 24.6 Å². The van der Waals surface area contributed by atoms with Crippen LogP contribution in [0.1, 0.15) is 44.9 Å². The van der Waals surface area contributed by atoms with Crippen molar-refractivity contribution in [1.82, 2.24) is 0 Å². The zero-order chi connectivity index (χ0) is 19.4. The molecule has 0 aromatic heterocycles. The zero-order valence-corrected chi connectivity index (χ0v) is 16.2. The van der Waals surface area contributed by atoms with Crippen LogP contribution >= 0.6 is 0 Å². The molecule has 1 aromatic rings. The summed E-state index contributed by atoms with van der Waals surface area (Å²) in [6, 6.07) is 6.49. The Balaban J connectivity index is 1.56. The molecule has 1 heterocycles. The molecular formula is C19H26N2O5S. The van der Waals surface area contributed by atoms with Gasteiger partial charge >= 0.3 is 5.97 Å². The summed E-state index contributed by atoms with van der Waals surface area (Å²) in [7, 11) is 0. The minimum atomic E-state index is -1.14. The molecule has 1 aliphatic carbocycles. The Morgan fingerprint density at radius 3 is 2.30 bits per heavy atom. The smallest absolute Gasteiger partial charge is 0.314 e. The first-order valence-electron chi connectivity index (χ1n) is 9.51. The van der Waals surface area contributed by atoms with Crippen molar-refractivity contribution in [3.8, 4) is 0 Å². The van der Waals surface area contributed by atoms with Crippen LogP contribution in [-0.2, 0) is 16.0 Å². The molecule has 1 unspecified atom stereocenters. The number of benzene rings is 1. The minimum absolute atomic E-state index is 0.0254. The number of piperidine rings is 1. The molecule has 1 saturated heterocycles. The molecule has 1 saturated carbocycles. The third kappa shape index (κ3) is 4.55. The van der Waals surface area contributed by atoms with Crippen molar-refractivity contribution in [1.29, 1.82) is 0 Å². The number of carboxylic acid groups (broad SMARTS) is 1. The molecule has 1 aliphatic heterocycles. The summed E-state index contributed by atoms with van der Waals surface area (Å²) in [5.41, 5.74) is 0.193. The third-order valence-corrected chi connectivity index (χ3v) is 7.97. The number of non-ortho nitro benzene ring substituents is 1. The Bertz CT molecular complexity index is 667. The number of carbonyl (C=O) groups is 1. The van der Waals surface area contributed by atoms with E-state index < -0.39 is 27.5 Å². The van der Waals surface area contributed by atoms with Crippen molar-refractivity contribution in [3.05, 3.63) is 34.4 Å². The molecule has 27 heavy (non-hydrogen) atoms. The number of nitro groups is 1. The first-order chi connectivity index (χ1) is 12.9. The van der Waals surface area contributed by atoms with Gasteiger partial charge in [-0.15, -0.1) is 0 Å². The number of rotatable bonds is 6. The lowest BCUT2D eigenvalue weighted by molar-refractivity contribution is -0.384. The number of anilines is 1. The molecule has 1 N–H and O–H groups in total. The molecule has 7 nitrogen and oxygen atoms in total. The minimum Gasteiger partial charge on any atom is -0.616 e. The molecular weight excluding hydrogens is 368 g/mol. The second-order valence-electron chi connectivity index (χ2n) is 7.63. The molecule has 8 heteroatoms. The fourth-order valence-corrected chi connectivity index (χ4v) is 6.13. The lowest BCUT2D eigenvalue weighted by Gasteiger charge is -2.38. The molecule has 0 spiro atoms. The van der Waals surface area contributed by atoms with Gasteiger partial charge < -0.3 is 14.6 Å². The average molecular weight is 394 g/mol. The molecule has 3 rings (SSSR count). The van der Waals surface area contributed by atoms with Gasteiger partial charge in [0.1, 0.15) is 16.4 Å². The van der Waals surface area contributed by atoms with Crippen molar-refractivity contribution < 1.29 is 19.4 Å². The maximum absolute atomic E-state index is 12.9. The van der Waals surface area contributed by atoms with Gasteiger partial charge in [-0.05, 0) is 36.2 Å². The highest BCUT2D eigenvalue weighted by Crippen LogP contribution is 2.39. The van der Waals surface area contributed by atoms with Gasteiger partial charge in [-0.2, -0.15) is 0 Å². The Hall–Kier alpha value is -1.80. The highest BCUT2D eigenvalue weighted by molar-refractivity contribution is 7.92. The van der Waals surface area contributed by atoms with E-state index in [0.29, 0.717) is 12.8 Å². The highest BCUT2D eigenvalue weighted by Gasteiger charge is 2.45. The summed E-state index contributed by atoms with van der Waals surface area (Å²) in [5.74, 6) is -0.524. The number of nitro benzene ring substituents is 1. The van der Waals surface area contributed by atoms with Gasteiger partial charge in [-0.3, -0.25) is 14.9 Å². The van der Waals surface area contributed by atoms with Crippen LogP contribution in [0.3, 0.4) is 0 Å². The third-order valence-electron chi connectivity index (χ3n) is 5.92. The standard InChI is InChI=1S/C19H26N2O5S/c22-18(23)19(10-2-1-3-11-19)14-27(26)17-8-12-20(13-9-17)15-4-6-16(7-5-15)21(24)25/h4-7,17H,1-3,8-14H2,(H,22,23). The summed E-state index contributed by atoms with van der Waals surface area (Å²) < 4.78 is 12.9. The van der Waals surface area contributed by atoms with E-state index in [-0.39, 0.29) is 16.7 Å².